The summed E-state index contributed by atoms with van der Waals surface area (Å²) in [5, 5.41) is 3.60. The van der Waals surface area contributed by atoms with Gasteiger partial charge in [-0.25, -0.2) is 0 Å². The summed E-state index contributed by atoms with van der Waals surface area (Å²) < 4.78 is 0. The monoisotopic (exact) mass is 304 g/mol. The number of hydrogen-bond acceptors (Lipinski definition) is 3. The topological polar surface area (TPSA) is 32.3 Å². The fourth-order valence-corrected chi connectivity index (χ4v) is 3.63. The Morgan fingerprint density at radius 1 is 1.38 bits per heavy atom. The molecule has 4 heteroatoms. The van der Waals surface area contributed by atoms with E-state index in [0.29, 0.717) is 5.91 Å². The lowest BCUT2D eigenvalue weighted by Gasteiger charge is -2.24. The molecule has 2 fully saturated rings. The van der Waals surface area contributed by atoms with E-state index in [1.807, 2.05) is 11.8 Å². The molecule has 1 saturated heterocycles. The highest BCUT2D eigenvalue weighted by molar-refractivity contribution is 7.98. The first-order chi connectivity index (χ1) is 10.2. The molecule has 3 rings (SSSR count). The van der Waals surface area contributed by atoms with E-state index in [1.54, 1.807) is 0 Å². The number of hydrogen-bond donors (Lipinski definition) is 1. The smallest absolute Gasteiger partial charge is 0.244 e. The van der Waals surface area contributed by atoms with E-state index >= 15 is 0 Å². The summed E-state index contributed by atoms with van der Waals surface area (Å²) >= 11 is 1.88. The predicted molar refractivity (Wildman–Crippen MR) is 88.3 cm³/mol. The van der Waals surface area contributed by atoms with E-state index in [4.69, 9.17) is 0 Å². The van der Waals surface area contributed by atoms with Gasteiger partial charge in [-0.15, -0.1) is 0 Å². The number of carbonyl (C=O) groups excluding carboxylic acids is 1. The fraction of sp³-hybridized carbons (Fsp3) is 0.588. The van der Waals surface area contributed by atoms with Gasteiger partial charge in [0, 0.05) is 6.54 Å². The third-order valence-corrected chi connectivity index (χ3v) is 5.20. The Labute approximate surface area is 131 Å². The zero-order valence-electron chi connectivity index (χ0n) is 12.9. The van der Waals surface area contributed by atoms with Crippen LogP contribution in [0.5, 0.6) is 0 Å². The van der Waals surface area contributed by atoms with E-state index in [1.165, 1.54) is 23.3 Å². The van der Waals surface area contributed by atoms with Crippen LogP contribution in [0.4, 0.5) is 0 Å². The van der Waals surface area contributed by atoms with Crippen molar-refractivity contribution in [2.24, 2.45) is 0 Å². The summed E-state index contributed by atoms with van der Waals surface area (Å²) in [6.45, 7) is 2.97. The van der Waals surface area contributed by atoms with Crippen LogP contribution in [0, 0.1) is 6.92 Å². The van der Waals surface area contributed by atoms with E-state index in [0.717, 1.165) is 25.8 Å². The molecule has 1 N–H and O–H groups in total. The van der Waals surface area contributed by atoms with Crippen LogP contribution in [-0.2, 0) is 4.79 Å². The molecule has 1 aliphatic carbocycles. The number of thioether (sulfide) groups is 1. The molecule has 1 atom stereocenters. The molecule has 1 aromatic carbocycles. The highest BCUT2D eigenvalue weighted by Gasteiger charge is 2.59. The van der Waals surface area contributed by atoms with Gasteiger partial charge in [0.25, 0.3) is 0 Å². The van der Waals surface area contributed by atoms with Crippen LogP contribution in [0.1, 0.15) is 43.0 Å². The number of nitrogens with zero attached hydrogens (tertiary/aromatic N) is 1. The zero-order valence-corrected chi connectivity index (χ0v) is 13.7. The highest BCUT2D eigenvalue weighted by Crippen LogP contribution is 2.46. The standard InChI is InChI=1S/C17H24N2OS/c1-13-6-5-7-14(12-13)15-18-17(8-9-17)16(20)19(15)10-3-4-11-21-2/h5-7,12,15,18H,3-4,8-11H2,1-2H3. The van der Waals surface area contributed by atoms with Gasteiger partial charge in [0.05, 0.1) is 0 Å². The quantitative estimate of drug-likeness (QED) is 0.820. The number of carbonyl (C=O) groups is 1. The molecule has 0 aromatic heterocycles. The first kappa shape index (κ1) is 14.9. The number of aryl methyl sites for hydroxylation is 1. The van der Waals surface area contributed by atoms with Crippen molar-refractivity contribution in [3.05, 3.63) is 35.4 Å². The Morgan fingerprint density at radius 3 is 2.86 bits per heavy atom. The molecule has 0 radical (unpaired) electrons. The Hall–Kier alpha value is -1.00. The maximum absolute atomic E-state index is 12.7. The molecule has 3 nitrogen and oxygen atoms in total. The molecule has 1 saturated carbocycles. The van der Waals surface area contributed by atoms with E-state index < -0.39 is 0 Å². The molecule has 1 unspecified atom stereocenters. The first-order valence-electron chi connectivity index (χ1n) is 7.80. The normalized spacial score (nSPS) is 23.0. The Morgan fingerprint density at radius 2 is 2.19 bits per heavy atom. The van der Waals surface area contributed by atoms with Gasteiger partial charge in [0.1, 0.15) is 11.7 Å². The summed E-state index contributed by atoms with van der Waals surface area (Å²) in [7, 11) is 0. The lowest BCUT2D eigenvalue weighted by Crippen LogP contribution is -2.33. The van der Waals surface area contributed by atoms with Crippen molar-refractivity contribution in [2.75, 3.05) is 18.6 Å². The van der Waals surface area contributed by atoms with Gasteiger partial charge in [-0.05, 0) is 50.2 Å². The summed E-state index contributed by atoms with van der Waals surface area (Å²) in [4.78, 5) is 14.8. The highest BCUT2D eigenvalue weighted by atomic mass is 32.2. The molecule has 0 bridgehead atoms. The summed E-state index contributed by atoms with van der Waals surface area (Å²) in [5.74, 6) is 1.49. The van der Waals surface area contributed by atoms with Crippen molar-refractivity contribution >= 4 is 17.7 Å². The first-order valence-corrected chi connectivity index (χ1v) is 9.20. The Bertz CT molecular complexity index is 527. The Kier molecular flexibility index (Phi) is 4.27. The molecule has 21 heavy (non-hydrogen) atoms. The number of rotatable bonds is 6. The third-order valence-electron chi connectivity index (χ3n) is 4.50. The zero-order chi connectivity index (χ0) is 14.9. The summed E-state index contributed by atoms with van der Waals surface area (Å²) in [6.07, 6.45) is 6.46. The average Bonchev–Trinajstić information content (AvgIpc) is 3.20. The SMILES string of the molecule is CSCCCCN1C(=O)C2(CC2)NC1c1cccc(C)c1. The van der Waals surface area contributed by atoms with Gasteiger partial charge >= 0.3 is 0 Å². The second-order valence-electron chi connectivity index (χ2n) is 6.24. The van der Waals surface area contributed by atoms with Gasteiger partial charge in [0.15, 0.2) is 0 Å². The summed E-state index contributed by atoms with van der Waals surface area (Å²) in [5.41, 5.74) is 2.24. The second kappa shape index (κ2) is 6.01. The molecule has 2 aliphatic rings. The van der Waals surface area contributed by atoms with Crippen molar-refractivity contribution in [1.29, 1.82) is 0 Å². The summed E-state index contributed by atoms with van der Waals surface area (Å²) in [6, 6.07) is 8.52. The van der Waals surface area contributed by atoms with E-state index in [2.05, 4.69) is 47.7 Å². The van der Waals surface area contributed by atoms with Gasteiger partial charge in [-0.2, -0.15) is 11.8 Å². The predicted octanol–water partition coefficient (Wildman–Crippen LogP) is 3.10. The Balaban J connectivity index is 1.75. The molecule has 1 heterocycles. The molecule has 1 aromatic rings. The van der Waals surface area contributed by atoms with Crippen molar-refractivity contribution in [3.63, 3.8) is 0 Å². The molecular weight excluding hydrogens is 280 g/mol. The minimum Gasteiger partial charge on any atom is -0.321 e. The van der Waals surface area contributed by atoms with Crippen LogP contribution in [0.15, 0.2) is 24.3 Å². The van der Waals surface area contributed by atoms with Crippen LogP contribution < -0.4 is 5.32 Å². The number of nitrogens with one attached hydrogen (secondary N) is 1. The van der Waals surface area contributed by atoms with Crippen molar-refractivity contribution in [3.8, 4) is 0 Å². The van der Waals surface area contributed by atoms with Gasteiger partial charge in [-0.1, -0.05) is 29.8 Å². The largest absolute Gasteiger partial charge is 0.321 e. The second-order valence-corrected chi connectivity index (χ2v) is 7.23. The van der Waals surface area contributed by atoms with E-state index in [-0.39, 0.29) is 11.7 Å². The van der Waals surface area contributed by atoms with Crippen LogP contribution in [0.25, 0.3) is 0 Å². The van der Waals surface area contributed by atoms with E-state index in [9.17, 15) is 4.79 Å². The molecule has 1 amide bonds. The van der Waals surface area contributed by atoms with Crippen molar-refractivity contribution in [1.82, 2.24) is 10.2 Å². The van der Waals surface area contributed by atoms with Crippen LogP contribution in [-0.4, -0.2) is 34.9 Å². The van der Waals surface area contributed by atoms with Gasteiger partial charge in [0.2, 0.25) is 5.91 Å². The minimum absolute atomic E-state index is 0.0641. The number of benzene rings is 1. The van der Waals surface area contributed by atoms with Crippen molar-refractivity contribution < 1.29 is 4.79 Å². The fourth-order valence-electron chi connectivity index (χ4n) is 3.14. The maximum Gasteiger partial charge on any atom is 0.244 e. The molecule has 114 valence electrons. The van der Waals surface area contributed by atoms with Gasteiger partial charge in [-0.3, -0.25) is 10.1 Å². The molecular formula is C17H24N2OS. The van der Waals surface area contributed by atoms with Crippen molar-refractivity contribution in [2.45, 2.75) is 44.3 Å². The van der Waals surface area contributed by atoms with Crippen LogP contribution >= 0.6 is 11.8 Å². The number of unbranched alkanes of at least 4 members (excludes halogenated alkanes) is 1. The van der Waals surface area contributed by atoms with Crippen LogP contribution in [0.2, 0.25) is 0 Å². The lowest BCUT2D eigenvalue weighted by molar-refractivity contribution is -0.130. The van der Waals surface area contributed by atoms with Gasteiger partial charge < -0.3 is 4.90 Å². The number of amides is 1. The maximum atomic E-state index is 12.7. The average molecular weight is 304 g/mol. The minimum atomic E-state index is -0.228. The molecule has 1 spiro atoms. The third kappa shape index (κ3) is 2.97. The van der Waals surface area contributed by atoms with Crippen LogP contribution in [0.3, 0.4) is 0 Å². The lowest BCUT2D eigenvalue weighted by atomic mass is 10.1. The molecule has 1 aliphatic heterocycles.